The molecule has 0 saturated heterocycles. The molecule has 0 amide bonds. The molecule has 0 aliphatic carbocycles. The summed E-state index contributed by atoms with van der Waals surface area (Å²) in [5, 5.41) is 8.73. The normalized spacial score (nSPS) is 11.4. The van der Waals surface area contributed by atoms with Crippen LogP contribution in [0.3, 0.4) is 0 Å². The van der Waals surface area contributed by atoms with Crippen LogP contribution in [-0.2, 0) is 16.6 Å². The lowest BCUT2D eigenvalue weighted by atomic mass is 10.1. The number of aliphatic hydroxyl groups excluding tert-OH is 1. The quantitative estimate of drug-likeness (QED) is 0.679. The molecule has 1 aromatic carbocycles. The average Bonchev–Trinajstić information content (AvgIpc) is 2.26. The van der Waals surface area contributed by atoms with Crippen LogP contribution in [0.25, 0.3) is 0 Å². The topological polar surface area (TPSA) is 78.4 Å². The molecule has 0 unspecified atom stereocenters. The molecule has 5 nitrogen and oxygen atoms in total. The van der Waals surface area contributed by atoms with Crippen LogP contribution in [0.4, 0.5) is 5.69 Å². The molecule has 0 aromatic heterocycles. The van der Waals surface area contributed by atoms with E-state index in [-0.39, 0.29) is 6.61 Å². The molecule has 1 rings (SSSR count). The average molecular weight is 258 g/mol. The molecule has 1 aromatic rings. The van der Waals surface area contributed by atoms with Gasteiger partial charge in [0.15, 0.2) is 0 Å². The SMILES string of the molecule is CCNS(=O)(=O)Nc1cccc(CCCO)c1. The molecule has 6 heteroatoms. The monoisotopic (exact) mass is 258 g/mol. The molecule has 0 bridgehead atoms. The van der Waals surface area contributed by atoms with Gasteiger partial charge in [0.25, 0.3) is 10.2 Å². The minimum absolute atomic E-state index is 0.132. The zero-order valence-corrected chi connectivity index (χ0v) is 10.6. The minimum Gasteiger partial charge on any atom is -0.396 e. The van der Waals surface area contributed by atoms with E-state index in [0.29, 0.717) is 18.7 Å². The first-order chi connectivity index (χ1) is 8.07. The molecule has 96 valence electrons. The summed E-state index contributed by atoms with van der Waals surface area (Å²) in [5.41, 5.74) is 1.53. The van der Waals surface area contributed by atoms with Gasteiger partial charge in [0.1, 0.15) is 0 Å². The van der Waals surface area contributed by atoms with Gasteiger partial charge >= 0.3 is 0 Å². The van der Waals surface area contributed by atoms with E-state index in [1.807, 2.05) is 6.07 Å². The Bertz CT molecular complexity index is 446. The summed E-state index contributed by atoms with van der Waals surface area (Å²) in [5.74, 6) is 0. The van der Waals surface area contributed by atoms with E-state index < -0.39 is 10.2 Å². The Morgan fingerprint density at radius 1 is 1.35 bits per heavy atom. The van der Waals surface area contributed by atoms with Crippen molar-refractivity contribution in [3.8, 4) is 0 Å². The van der Waals surface area contributed by atoms with Crippen LogP contribution >= 0.6 is 0 Å². The highest BCUT2D eigenvalue weighted by Gasteiger charge is 2.07. The standard InChI is InChI=1S/C11H18N2O3S/c1-2-12-17(15,16)13-11-7-3-5-10(9-11)6-4-8-14/h3,5,7,9,12-14H,2,4,6,8H2,1H3. The number of benzene rings is 1. The molecule has 0 radical (unpaired) electrons. The fourth-order valence-corrected chi connectivity index (χ4v) is 2.34. The number of aryl methyl sites for hydroxylation is 1. The van der Waals surface area contributed by atoms with E-state index in [1.54, 1.807) is 25.1 Å². The lowest BCUT2D eigenvalue weighted by Crippen LogP contribution is -2.29. The molecule has 17 heavy (non-hydrogen) atoms. The zero-order valence-electron chi connectivity index (χ0n) is 9.81. The second-order valence-electron chi connectivity index (χ2n) is 3.63. The Kier molecular flexibility index (Phi) is 5.40. The fraction of sp³-hybridized carbons (Fsp3) is 0.455. The van der Waals surface area contributed by atoms with Crippen molar-refractivity contribution in [3.05, 3.63) is 29.8 Å². The van der Waals surface area contributed by atoms with Gasteiger partial charge in [-0.3, -0.25) is 4.72 Å². The van der Waals surface area contributed by atoms with Crippen LogP contribution in [-0.4, -0.2) is 26.7 Å². The second-order valence-corrected chi connectivity index (χ2v) is 5.13. The number of anilines is 1. The van der Waals surface area contributed by atoms with Crippen molar-refractivity contribution in [2.75, 3.05) is 17.9 Å². The van der Waals surface area contributed by atoms with Gasteiger partial charge in [0.2, 0.25) is 0 Å². The smallest absolute Gasteiger partial charge is 0.299 e. The number of nitrogens with one attached hydrogen (secondary N) is 2. The van der Waals surface area contributed by atoms with Crippen molar-refractivity contribution in [1.82, 2.24) is 4.72 Å². The Balaban J connectivity index is 2.71. The highest BCUT2D eigenvalue weighted by molar-refractivity contribution is 7.90. The summed E-state index contributed by atoms with van der Waals surface area (Å²) in [7, 11) is -3.47. The van der Waals surface area contributed by atoms with E-state index >= 15 is 0 Å². The van der Waals surface area contributed by atoms with Gasteiger partial charge in [-0.15, -0.1) is 0 Å². The summed E-state index contributed by atoms with van der Waals surface area (Å²) < 4.78 is 27.7. The summed E-state index contributed by atoms with van der Waals surface area (Å²) in [6.45, 7) is 2.20. The van der Waals surface area contributed by atoms with Crippen molar-refractivity contribution in [3.63, 3.8) is 0 Å². The Labute approximate surface area is 102 Å². The maximum atomic E-state index is 11.5. The maximum Gasteiger partial charge on any atom is 0.299 e. The highest BCUT2D eigenvalue weighted by Crippen LogP contribution is 2.13. The van der Waals surface area contributed by atoms with Gasteiger partial charge in [0.05, 0.1) is 5.69 Å². The van der Waals surface area contributed by atoms with Crippen molar-refractivity contribution >= 4 is 15.9 Å². The van der Waals surface area contributed by atoms with Crippen molar-refractivity contribution in [1.29, 1.82) is 0 Å². The van der Waals surface area contributed by atoms with E-state index in [0.717, 1.165) is 12.0 Å². The molecule has 0 atom stereocenters. The second kappa shape index (κ2) is 6.58. The number of hydrogen-bond acceptors (Lipinski definition) is 3. The predicted molar refractivity (Wildman–Crippen MR) is 68.1 cm³/mol. The van der Waals surface area contributed by atoms with Crippen LogP contribution in [0.15, 0.2) is 24.3 Å². The molecule has 0 aliphatic heterocycles. The first-order valence-electron chi connectivity index (χ1n) is 5.54. The van der Waals surface area contributed by atoms with E-state index in [9.17, 15) is 8.42 Å². The molecule has 0 aliphatic rings. The van der Waals surface area contributed by atoms with Gasteiger partial charge in [-0.1, -0.05) is 19.1 Å². The minimum atomic E-state index is -3.47. The third-order valence-corrected chi connectivity index (χ3v) is 3.31. The van der Waals surface area contributed by atoms with E-state index in [2.05, 4.69) is 9.44 Å². The van der Waals surface area contributed by atoms with Gasteiger partial charge in [0, 0.05) is 13.2 Å². The van der Waals surface area contributed by atoms with Gasteiger partial charge < -0.3 is 5.11 Å². The Hall–Kier alpha value is -1.11. The molecule has 0 spiro atoms. The first-order valence-corrected chi connectivity index (χ1v) is 7.03. The van der Waals surface area contributed by atoms with Gasteiger partial charge in [-0.2, -0.15) is 13.1 Å². The van der Waals surface area contributed by atoms with Crippen LogP contribution < -0.4 is 9.44 Å². The molecule has 0 fully saturated rings. The number of rotatable bonds is 7. The Morgan fingerprint density at radius 3 is 2.76 bits per heavy atom. The molecule has 0 saturated carbocycles. The van der Waals surface area contributed by atoms with Crippen LogP contribution in [0.5, 0.6) is 0 Å². The van der Waals surface area contributed by atoms with Gasteiger partial charge in [-0.25, -0.2) is 0 Å². The maximum absolute atomic E-state index is 11.5. The fourth-order valence-electron chi connectivity index (χ4n) is 1.45. The van der Waals surface area contributed by atoms with Crippen molar-refractivity contribution < 1.29 is 13.5 Å². The van der Waals surface area contributed by atoms with Crippen LogP contribution in [0, 0.1) is 0 Å². The summed E-state index contributed by atoms with van der Waals surface area (Å²) in [6.07, 6.45) is 1.40. The zero-order chi connectivity index (χ0) is 12.7. The lowest BCUT2D eigenvalue weighted by molar-refractivity contribution is 0.288. The highest BCUT2D eigenvalue weighted by atomic mass is 32.2. The third kappa shape index (κ3) is 5.16. The number of aliphatic hydroxyl groups is 1. The predicted octanol–water partition coefficient (Wildman–Crippen LogP) is 0.878. The number of hydrogen-bond donors (Lipinski definition) is 3. The third-order valence-electron chi connectivity index (χ3n) is 2.14. The van der Waals surface area contributed by atoms with Gasteiger partial charge in [-0.05, 0) is 30.5 Å². The molecular weight excluding hydrogens is 240 g/mol. The van der Waals surface area contributed by atoms with Crippen molar-refractivity contribution in [2.24, 2.45) is 0 Å². The molecule has 3 N–H and O–H groups in total. The largest absolute Gasteiger partial charge is 0.396 e. The van der Waals surface area contributed by atoms with E-state index in [4.69, 9.17) is 5.11 Å². The van der Waals surface area contributed by atoms with Crippen LogP contribution in [0.1, 0.15) is 18.9 Å². The summed E-state index contributed by atoms with van der Waals surface area (Å²) >= 11 is 0. The molecular formula is C11H18N2O3S. The van der Waals surface area contributed by atoms with Crippen LogP contribution in [0.2, 0.25) is 0 Å². The van der Waals surface area contributed by atoms with E-state index in [1.165, 1.54) is 0 Å². The first kappa shape index (κ1) is 14.0. The Morgan fingerprint density at radius 2 is 2.12 bits per heavy atom. The molecule has 0 heterocycles. The summed E-state index contributed by atoms with van der Waals surface area (Å²) in [6, 6.07) is 7.15. The van der Waals surface area contributed by atoms with Crippen molar-refractivity contribution in [2.45, 2.75) is 19.8 Å². The lowest BCUT2D eigenvalue weighted by Gasteiger charge is -2.09. The summed E-state index contributed by atoms with van der Waals surface area (Å²) in [4.78, 5) is 0.